The van der Waals surface area contributed by atoms with Gasteiger partial charge in [0.15, 0.2) is 12.6 Å². The number of rotatable bonds is 46. The summed E-state index contributed by atoms with van der Waals surface area (Å²) in [5.41, 5.74) is 0. The van der Waals surface area contributed by atoms with E-state index in [1.165, 1.54) is 173 Å². The van der Waals surface area contributed by atoms with Crippen LogP contribution in [-0.2, 0) is 33.2 Å². The molecule has 0 bridgehead atoms. The number of hydrogen-bond acceptors (Lipinski definition) is 14. The average Bonchev–Trinajstić information content (AvgIpc) is 3.33. The van der Waals surface area contributed by atoms with E-state index in [9.17, 15) is 40.5 Å². The molecule has 0 aliphatic carbocycles. The quantitative estimate of drug-likeness (QED) is 0.0224. The van der Waals surface area contributed by atoms with E-state index in [0.717, 1.165) is 44.9 Å². The van der Waals surface area contributed by atoms with Crippen molar-refractivity contribution < 1.29 is 69.0 Å². The Morgan fingerprint density at radius 2 is 0.779 bits per heavy atom. The van der Waals surface area contributed by atoms with Gasteiger partial charge in [-0.2, -0.15) is 0 Å². The molecule has 0 radical (unpaired) electrons. The summed E-state index contributed by atoms with van der Waals surface area (Å²) in [6.07, 6.45) is 27.4. The molecular formula is C54H104O14. The van der Waals surface area contributed by atoms with Gasteiger partial charge in [0.2, 0.25) is 0 Å². The molecule has 14 nitrogen and oxygen atoms in total. The fraction of sp³-hybridized carbons (Fsp3) is 0.981. The Labute approximate surface area is 412 Å². The second kappa shape index (κ2) is 42.5. The summed E-state index contributed by atoms with van der Waals surface area (Å²) in [4.78, 5) is 13.0. The molecule has 2 rings (SSSR count). The van der Waals surface area contributed by atoms with Crippen molar-refractivity contribution in [3.63, 3.8) is 0 Å². The van der Waals surface area contributed by atoms with E-state index < -0.39 is 80.7 Å². The van der Waals surface area contributed by atoms with Gasteiger partial charge >= 0.3 is 5.97 Å². The van der Waals surface area contributed by atoms with E-state index in [1.54, 1.807) is 0 Å². The minimum Gasteiger partial charge on any atom is -0.457 e. The van der Waals surface area contributed by atoms with Crippen molar-refractivity contribution in [1.29, 1.82) is 0 Å². The summed E-state index contributed by atoms with van der Waals surface area (Å²) in [6.45, 7) is 3.75. The first-order valence-electron chi connectivity index (χ1n) is 28.1. The molecule has 0 spiro atoms. The zero-order valence-electron chi connectivity index (χ0n) is 43.1. The van der Waals surface area contributed by atoms with Gasteiger partial charge in [-0.1, -0.05) is 219 Å². The number of aliphatic hydroxyl groups is 7. The summed E-state index contributed by atoms with van der Waals surface area (Å²) in [7, 11) is 0. The van der Waals surface area contributed by atoms with E-state index in [2.05, 4.69) is 13.8 Å². The summed E-state index contributed by atoms with van der Waals surface area (Å²) in [5.74, 6) is -0.370. The van der Waals surface area contributed by atoms with Crippen LogP contribution >= 0.6 is 0 Å². The minimum atomic E-state index is -1.70. The largest absolute Gasteiger partial charge is 0.457 e. The summed E-state index contributed by atoms with van der Waals surface area (Å²) in [6, 6.07) is 0. The lowest BCUT2D eigenvalue weighted by atomic mass is 9.98. The molecule has 2 aliphatic rings. The monoisotopic (exact) mass is 977 g/mol. The second-order valence-electron chi connectivity index (χ2n) is 20.1. The van der Waals surface area contributed by atoms with Gasteiger partial charge in [0.25, 0.3) is 0 Å². The number of hydrogen-bond donors (Lipinski definition) is 7. The molecule has 2 aliphatic heterocycles. The van der Waals surface area contributed by atoms with Gasteiger partial charge in [-0.15, -0.1) is 0 Å². The van der Waals surface area contributed by atoms with E-state index in [4.69, 9.17) is 28.4 Å². The Morgan fingerprint density at radius 3 is 1.19 bits per heavy atom. The SMILES string of the molecule is CCCCCCCCCCCCCCCCCCCCCCCOCC(COC1OC(COC2OC(CO)C(O)C(O)C2O)C(O)C(O)C1O)OC(=O)CCCCCCCCCCCCCCC. The van der Waals surface area contributed by atoms with Gasteiger partial charge in [0, 0.05) is 13.0 Å². The number of carbonyl (C=O) groups is 1. The van der Waals surface area contributed by atoms with Crippen molar-refractivity contribution >= 4 is 5.97 Å². The standard InChI is InChI=1S/C54H104O14/c1-3-5-7-9-11-13-15-17-18-19-20-21-22-23-24-26-28-30-32-34-36-38-63-40-43(66-46(56)37-35-33-31-29-27-25-16-14-12-10-8-6-4-2)41-64-53-52(62)50(60)48(58)45(68-53)42-65-54-51(61)49(59)47(57)44(39-55)67-54/h43-45,47-55,57-62H,3-42H2,1-2H3. The third kappa shape index (κ3) is 29.5. The first-order valence-corrected chi connectivity index (χ1v) is 28.1. The van der Waals surface area contributed by atoms with Crippen LogP contribution in [0.4, 0.5) is 0 Å². The molecule has 0 aromatic heterocycles. The molecule has 404 valence electrons. The van der Waals surface area contributed by atoms with Crippen molar-refractivity contribution in [2.75, 3.05) is 33.0 Å². The number of ether oxygens (including phenoxy) is 6. The maximum atomic E-state index is 13.0. The highest BCUT2D eigenvalue weighted by atomic mass is 16.7. The smallest absolute Gasteiger partial charge is 0.306 e. The highest BCUT2D eigenvalue weighted by Gasteiger charge is 2.47. The number of carbonyl (C=O) groups excluding carboxylic acids is 1. The van der Waals surface area contributed by atoms with Crippen molar-refractivity contribution in [3.8, 4) is 0 Å². The molecule has 7 N–H and O–H groups in total. The second-order valence-corrected chi connectivity index (χ2v) is 20.1. The Bertz CT molecular complexity index is 1130. The third-order valence-electron chi connectivity index (χ3n) is 13.9. The van der Waals surface area contributed by atoms with Crippen LogP contribution in [0.3, 0.4) is 0 Å². The fourth-order valence-corrected chi connectivity index (χ4v) is 9.29. The van der Waals surface area contributed by atoms with Crippen LogP contribution in [0.25, 0.3) is 0 Å². The van der Waals surface area contributed by atoms with Crippen LogP contribution in [0.1, 0.15) is 239 Å². The van der Waals surface area contributed by atoms with Gasteiger partial charge in [0.05, 0.1) is 26.4 Å². The third-order valence-corrected chi connectivity index (χ3v) is 13.9. The van der Waals surface area contributed by atoms with Crippen molar-refractivity contribution in [2.24, 2.45) is 0 Å². The van der Waals surface area contributed by atoms with Crippen molar-refractivity contribution in [3.05, 3.63) is 0 Å². The molecule has 2 fully saturated rings. The molecule has 0 saturated carbocycles. The Kier molecular flexibility index (Phi) is 39.4. The summed E-state index contributed by atoms with van der Waals surface area (Å²) in [5, 5.41) is 72.2. The number of aliphatic hydroxyl groups excluding tert-OH is 7. The maximum absolute atomic E-state index is 13.0. The molecule has 2 saturated heterocycles. The molecular weight excluding hydrogens is 873 g/mol. The van der Waals surface area contributed by atoms with Gasteiger partial charge in [-0.25, -0.2) is 0 Å². The lowest BCUT2D eigenvalue weighted by Gasteiger charge is -2.42. The molecule has 11 atom stereocenters. The predicted octanol–water partition coefficient (Wildman–Crippen LogP) is 9.25. The Morgan fingerprint density at radius 1 is 0.426 bits per heavy atom. The van der Waals surface area contributed by atoms with Gasteiger partial charge in [0.1, 0.15) is 54.9 Å². The van der Waals surface area contributed by atoms with E-state index >= 15 is 0 Å². The molecule has 2 heterocycles. The zero-order chi connectivity index (χ0) is 49.5. The zero-order valence-corrected chi connectivity index (χ0v) is 43.1. The lowest BCUT2D eigenvalue weighted by Crippen LogP contribution is -2.61. The first kappa shape index (κ1) is 63.1. The van der Waals surface area contributed by atoms with Crippen LogP contribution in [0.2, 0.25) is 0 Å². The van der Waals surface area contributed by atoms with Crippen LogP contribution in [0, 0.1) is 0 Å². The molecule has 0 aromatic rings. The highest BCUT2D eigenvalue weighted by Crippen LogP contribution is 2.27. The molecule has 11 unspecified atom stereocenters. The Balaban J connectivity index is 1.70. The van der Waals surface area contributed by atoms with Crippen LogP contribution in [0.5, 0.6) is 0 Å². The van der Waals surface area contributed by atoms with Crippen LogP contribution in [-0.4, -0.2) is 142 Å². The normalized spacial score (nSPS) is 25.8. The number of unbranched alkanes of at least 4 members (excludes halogenated alkanes) is 32. The topological polar surface area (TPSA) is 214 Å². The summed E-state index contributed by atoms with van der Waals surface area (Å²) < 4.78 is 34.4. The van der Waals surface area contributed by atoms with E-state index in [1.807, 2.05) is 0 Å². The van der Waals surface area contributed by atoms with Crippen molar-refractivity contribution in [1.82, 2.24) is 0 Å². The average molecular weight is 977 g/mol. The summed E-state index contributed by atoms with van der Waals surface area (Å²) >= 11 is 0. The highest BCUT2D eigenvalue weighted by molar-refractivity contribution is 5.69. The predicted molar refractivity (Wildman–Crippen MR) is 266 cm³/mol. The van der Waals surface area contributed by atoms with E-state index in [-0.39, 0.29) is 25.6 Å². The van der Waals surface area contributed by atoms with Gasteiger partial charge in [-0.05, 0) is 12.8 Å². The lowest BCUT2D eigenvalue weighted by molar-refractivity contribution is -0.332. The molecule has 0 aromatic carbocycles. The minimum absolute atomic E-state index is 0.0706. The van der Waals surface area contributed by atoms with Crippen LogP contribution in [0.15, 0.2) is 0 Å². The first-order chi connectivity index (χ1) is 33.1. The Hall–Kier alpha value is -1.01. The van der Waals surface area contributed by atoms with E-state index in [0.29, 0.717) is 6.61 Å². The molecule has 14 heteroatoms. The van der Waals surface area contributed by atoms with Gasteiger partial charge in [-0.3, -0.25) is 4.79 Å². The molecule has 0 amide bonds. The molecule has 68 heavy (non-hydrogen) atoms. The number of esters is 1. The maximum Gasteiger partial charge on any atom is 0.306 e. The van der Waals surface area contributed by atoms with Crippen molar-refractivity contribution in [2.45, 2.75) is 306 Å². The fourth-order valence-electron chi connectivity index (χ4n) is 9.29. The van der Waals surface area contributed by atoms with Crippen LogP contribution < -0.4 is 0 Å². The van der Waals surface area contributed by atoms with Gasteiger partial charge < -0.3 is 64.2 Å².